The number of hydroxylamine groups is 1. The maximum Gasteiger partial charge on any atom is 0.194 e. The van der Waals surface area contributed by atoms with Crippen LogP contribution >= 0.6 is 0 Å². The zero-order valence-electron chi connectivity index (χ0n) is 16.2. The lowest BCUT2D eigenvalue weighted by Gasteiger charge is -2.32. The SMILES string of the molecule is C=CC[C@H]([C@H]1COC2(CCCCC2)O1)/[N+]([O-])=C/c1ccc(OC)c(OC)c1. The predicted molar refractivity (Wildman–Crippen MR) is 104 cm³/mol. The Balaban J connectivity index is 1.78. The van der Waals surface area contributed by atoms with Crippen LogP contribution in [0.3, 0.4) is 0 Å². The molecule has 148 valence electrons. The van der Waals surface area contributed by atoms with Crippen molar-refractivity contribution in [2.45, 2.75) is 56.5 Å². The average Bonchev–Trinajstić information content (AvgIpc) is 3.09. The van der Waals surface area contributed by atoms with Crippen LogP contribution < -0.4 is 9.47 Å². The van der Waals surface area contributed by atoms with Crippen molar-refractivity contribution in [1.82, 2.24) is 0 Å². The van der Waals surface area contributed by atoms with Crippen molar-refractivity contribution in [1.29, 1.82) is 0 Å². The maximum atomic E-state index is 12.9. The van der Waals surface area contributed by atoms with E-state index in [4.69, 9.17) is 18.9 Å². The van der Waals surface area contributed by atoms with Crippen molar-refractivity contribution in [2.75, 3.05) is 20.8 Å². The van der Waals surface area contributed by atoms with Crippen LogP contribution in [0.1, 0.15) is 44.1 Å². The number of benzene rings is 1. The van der Waals surface area contributed by atoms with Crippen molar-refractivity contribution >= 4 is 6.21 Å². The fourth-order valence-electron chi connectivity index (χ4n) is 3.89. The highest BCUT2D eigenvalue weighted by Crippen LogP contribution is 2.39. The molecule has 2 fully saturated rings. The van der Waals surface area contributed by atoms with Crippen LogP contribution in [-0.2, 0) is 9.47 Å². The molecule has 0 radical (unpaired) electrons. The van der Waals surface area contributed by atoms with Gasteiger partial charge in [-0.15, -0.1) is 6.58 Å². The third-order valence-corrected chi connectivity index (χ3v) is 5.34. The van der Waals surface area contributed by atoms with E-state index in [-0.39, 0.29) is 12.1 Å². The lowest BCUT2D eigenvalue weighted by Crippen LogP contribution is -2.40. The van der Waals surface area contributed by atoms with Crippen LogP contribution in [0.2, 0.25) is 0 Å². The average molecular weight is 375 g/mol. The van der Waals surface area contributed by atoms with Gasteiger partial charge in [-0.1, -0.05) is 12.5 Å². The zero-order chi connectivity index (χ0) is 19.3. The van der Waals surface area contributed by atoms with Gasteiger partial charge in [-0.2, -0.15) is 0 Å². The Hall–Kier alpha value is -2.05. The molecular weight excluding hydrogens is 346 g/mol. The molecule has 0 unspecified atom stereocenters. The van der Waals surface area contributed by atoms with E-state index >= 15 is 0 Å². The molecule has 1 saturated heterocycles. The molecule has 0 bridgehead atoms. The van der Waals surface area contributed by atoms with Crippen molar-refractivity contribution in [3.8, 4) is 11.5 Å². The first-order valence-electron chi connectivity index (χ1n) is 9.56. The minimum absolute atomic E-state index is 0.269. The summed E-state index contributed by atoms with van der Waals surface area (Å²) in [4.78, 5) is 0. The van der Waals surface area contributed by atoms with Crippen molar-refractivity contribution in [2.24, 2.45) is 0 Å². The van der Waals surface area contributed by atoms with E-state index in [0.29, 0.717) is 24.5 Å². The summed E-state index contributed by atoms with van der Waals surface area (Å²) in [7, 11) is 3.16. The van der Waals surface area contributed by atoms with E-state index in [1.54, 1.807) is 38.6 Å². The Morgan fingerprint density at radius 3 is 2.67 bits per heavy atom. The molecule has 0 aromatic heterocycles. The molecular formula is C21H29NO5. The number of methoxy groups -OCH3 is 2. The third-order valence-electron chi connectivity index (χ3n) is 5.34. The normalized spacial score (nSPS) is 23.2. The molecule has 1 aromatic rings. The van der Waals surface area contributed by atoms with Gasteiger partial charge in [0.05, 0.1) is 20.8 Å². The van der Waals surface area contributed by atoms with E-state index in [0.717, 1.165) is 36.0 Å². The van der Waals surface area contributed by atoms with Crippen molar-refractivity contribution < 1.29 is 23.7 Å². The Morgan fingerprint density at radius 2 is 2.00 bits per heavy atom. The van der Waals surface area contributed by atoms with Crippen molar-refractivity contribution in [3.63, 3.8) is 0 Å². The fourth-order valence-corrected chi connectivity index (χ4v) is 3.89. The number of hydrogen-bond donors (Lipinski definition) is 0. The smallest absolute Gasteiger partial charge is 0.194 e. The molecule has 6 nitrogen and oxygen atoms in total. The van der Waals surface area contributed by atoms with E-state index < -0.39 is 5.79 Å². The summed E-state index contributed by atoms with van der Waals surface area (Å²) in [5, 5.41) is 12.9. The molecule has 1 aliphatic carbocycles. The summed E-state index contributed by atoms with van der Waals surface area (Å²) in [6.07, 6.45) is 8.82. The van der Waals surface area contributed by atoms with Gasteiger partial charge in [-0.05, 0) is 31.0 Å². The second-order valence-corrected chi connectivity index (χ2v) is 7.13. The summed E-state index contributed by atoms with van der Waals surface area (Å²) < 4.78 is 23.8. The topological polar surface area (TPSA) is 63.0 Å². The molecule has 1 aliphatic heterocycles. The Morgan fingerprint density at radius 1 is 1.26 bits per heavy atom. The van der Waals surface area contributed by atoms with Gasteiger partial charge < -0.3 is 24.2 Å². The molecule has 27 heavy (non-hydrogen) atoms. The minimum Gasteiger partial charge on any atom is -0.623 e. The number of nitrogens with zero attached hydrogens (tertiary/aromatic N) is 1. The Bertz CT molecular complexity index is 681. The highest BCUT2D eigenvalue weighted by molar-refractivity contribution is 5.77. The summed E-state index contributed by atoms with van der Waals surface area (Å²) in [5.41, 5.74) is 0.739. The molecule has 3 rings (SSSR count). The van der Waals surface area contributed by atoms with Gasteiger partial charge in [0.2, 0.25) is 0 Å². The van der Waals surface area contributed by atoms with Crippen LogP contribution in [0, 0.1) is 5.21 Å². The second-order valence-electron chi connectivity index (χ2n) is 7.13. The lowest BCUT2D eigenvalue weighted by atomic mass is 9.94. The van der Waals surface area contributed by atoms with E-state index in [9.17, 15) is 5.21 Å². The van der Waals surface area contributed by atoms with Gasteiger partial charge in [0.1, 0.15) is 6.10 Å². The van der Waals surface area contributed by atoms with E-state index in [1.165, 1.54) is 6.42 Å². The highest BCUT2D eigenvalue weighted by atomic mass is 16.7. The van der Waals surface area contributed by atoms with Gasteiger partial charge in [0.25, 0.3) is 0 Å². The predicted octanol–water partition coefficient (Wildman–Crippen LogP) is 3.65. The zero-order valence-corrected chi connectivity index (χ0v) is 16.2. The first-order chi connectivity index (χ1) is 13.1. The minimum atomic E-state index is -0.494. The first kappa shape index (κ1) is 19.7. The maximum absolute atomic E-state index is 12.9. The highest BCUT2D eigenvalue weighted by Gasteiger charge is 2.46. The van der Waals surface area contributed by atoms with Crippen molar-refractivity contribution in [3.05, 3.63) is 41.6 Å². The molecule has 2 atom stereocenters. The van der Waals surface area contributed by atoms with Crippen LogP contribution in [0.4, 0.5) is 0 Å². The van der Waals surface area contributed by atoms with E-state index in [1.807, 2.05) is 6.07 Å². The van der Waals surface area contributed by atoms with E-state index in [2.05, 4.69) is 6.58 Å². The van der Waals surface area contributed by atoms with Gasteiger partial charge >= 0.3 is 0 Å². The van der Waals surface area contributed by atoms with Crippen LogP contribution in [-0.4, -0.2) is 49.7 Å². The lowest BCUT2D eigenvalue weighted by molar-refractivity contribution is -0.509. The van der Waals surface area contributed by atoms with Crippen LogP contribution in [0.15, 0.2) is 30.9 Å². The molecule has 1 saturated carbocycles. The largest absolute Gasteiger partial charge is 0.623 e. The quantitative estimate of drug-likeness (QED) is 0.239. The summed E-state index contributed by atoms with van der Waals surface area (Å²) in [6.45, 7) is 4.24. The Kier molecular flexibility index (Phi) is 6.39. The van der Waals surface area contributed by atoms with Gasteiger partial charge in [0.15, 0.2) is 29.5 Å². The molecule has 0 N–H and O–H groups in total. The second kappa shape index (κ2) is 8.76. The van der Waals surface area contributed by atoms with Gasteiger partial charge in [-0.3, -0.25) is 0 Å². The summed E-state index contributed by atoms with van der Waals surface area (Å²) in [6, 6.07) is 5.01. The molecule has 1 aromatic carbocycles. The number of hydrogen-bond acceptors (Lipinski definition) is 5. The first-order valence-corrected chi connectivity index (χ1v) is 9.56. The fraction of sp³-hybridized carbons (Fsp3) is 0.571. The monoisotopic (exact) mass is 375 g/mol. The number of ether oxygens (including phenoxy) is 4. The van der Waals surface area contributed by atoms with Gasteiger partial charge in [-0.25, -0.2) is 4.74 Å². The van der Waals surface area contributed by atoms with Crippen LogP contribution in [0.25, 0.3) is 0 Å². The standard InChI is InChI=1S/C21H29NO5/c1-4-8-17(20-15-26-21(27-20)11-6-5-7-12-21)22(23)14-16-9-10-18(24-2)19(13-16)25-3/h4,9-10,13-14,17,20H,1,5-8,11-12,15H2,2-3H3/b22-14-/t17-,20-/m1/s1. The van der Waals surface area contributed by atoms with Crippen LogP contribution in [0.5, 0.6) is 11.5 Å². The molecule has 1 heterocycles. The molecule has 6 heteroatoms. The Labute approximate surface area is 161 Å². The molecule has 1 spiro atoms. The molecule has 2 aliphatic rings. The number of rotatable bonds is 7. The molecule has 0 amide bonds. The van der Waals surface area contributed by atoms with Gasteiger partial charge in [0, 0.05) is 24.8 Å². The summed E-state index contributed by atoms with van der Waals surface area (Å²) >= 11 is 0. The summed E-state index contributed by atoms with van der Waals surface area (Å²) in [5.74, 6) is 0.718. The third kappa shape index (κ3) is 4.45.